The molecule has 33 heavy (non-hydrogen) atoms. The van der Waals surface area contributed by atoms with Gasteiger partial charge in [0.25, 0.3) is 5.91 Å². The smallest absolute Gasteiger partial charge is 0.277 e. The molecule has 0 spiro atoms. The fourth-order valence-electron chi connectivity index (χ4n) is 4.21. The van der Waals surface area contributed by atoms with Crippen LogP contribution in [-0.4, -0.2) is 29.4 Å². The minimum Gasteiger partial charge on any atom is -0.494 e. The predicted octanol–water partition coefficient (Wildman–Crippen LogP) is 5.38. The summed E-state index contributed by atoms with van der Waals surface area (Å²) >= 11 is 1.47. The number of aromatic nitrogens is 1. The van der Waals surface area contributed by atoms with Gasteiger partial charge in [0.1, 0.15) is 11.4 Å². The fraction of sp³-hybridized carbons (Fsp3) is 0.346. The van der Waals surface area contributed by atoms with Gasteiger partial charge in [-0.1, -0.05) is 31.4 Å². The summed E-state index contributed by atoms with van der Waals surface area (Å²) in [5.41, 5.74) is 0.907. The Balaban J connectivity index is 1.73. The van der Waals surface area contributed by atoms with Crippen LogP contribution in [0.2, 0.25) is 0 Å². The minimum atomic E-state index is -0.792. The first-order valence-corrected chi connectivity index (χ1v) is 12.4. The lowest BCUT2D eigenvalue weighted by Gasteiger charge is -2.32. The Morgan fingerprint density at radius 3 is 2.52 bits per heavy atom. The van der Waals surface area contributed by atoms with Crippen LogP contribution in [0.3, 0.4) is 0 Å². The molecule has 2 heterocycles. The zero-order chi connectivity index (χ0) is 23.0. The molecule has 1 atom stereocenters. The van der Waals surface area contributed by atoms with Crippen molar-refractivity contribution >= 4 is 28.8 Å². The van der Waals surface area contributed by atoms with E-state index < -0.39 is 6.04 Å². The zero-order valence-corrected chi connectivity index (χ0v) is 19.6. The standard InChI is InChI=1S/C26H29N3O3S/c1-2-32-21-15-13-20(14-16-21)29(26(31)22-11-6-7-17-27-22)24(23-12-8-18-33-23)25(30)28-19-9-4-3-5-10-19/h6-8,11-19,24H,2-5,9-10H2,1H3,(H,28,30). The van der Waals surface area contributed by atoms with Crippen LogP contribution in [0.1, 0.15) is 60.4 Å². The second-order valence-electron chi connectivity index (χ2n) is 8.08. The topological polar surface area (TPSA) is 71.5 Å². The van der Waals surface area contributed by atoms with E-state index in [0.29, 0.717) is 23.7 Å². The molecule has 1 fully saturated rings. The first-order valence-electron chi connectivity index (χ1n) is 11.5. The van der Waals surface area contributed by atoms with Crippen LogP contribution in [0, 0.1) is 0 Å². The van der Waals surface area contributed by atoms with Crippen molar-refractivity contribution in [3.8, 4) is 5.75 Å². The summed E-state index contributed by atoms with van der Waals surface area (Å²) in [5.74, 6) is 0.227. The minimum absolute atomic E-state index is 0.140. The van der Waals surface area contributed by atoms with E-state index in [2.05, 4.69) is 10.3 Å². The van der Waals surface area contributed by atoms with Gasteiger partial charge in [-0.2, -0.15) is 0 Å². The number of hydrogen-bond donors (Lipinski definition) is 1. The summed E-state index contributed by atoms with van der Waals surface area (Å²) < 4.78 is 5.57. The third kappa shape index (κ3) is 5.60. The van der Waals surface area contributed by atoms with Crippen molar-refractivity contribution in [3.63, 3.8) is 0 Å². The molecule has 2 amide bonds. The molecule has 1 unspecified atom stereocenters. The van der Waals surface area contributed by atoms with Gasteiger partial charge in [0, 0.05) is 22.8 Å². The number of carbonyl (C=O) groups excluding carboxylic acids is 2. The summed E-state index contributed by atoms with van der Waals surface area (Å²) in [7, 11) is 0. The number of benzene rings is 1. The van der Waals surface area contributed by atoms with Gasteiger partial charge < -0.3 is 10.1 Å². The maximum atomic E-state index is 13.7. The molecule has 1 N–H and O–H groups in total. The quantitative estimate of drug-likeness (QED) is 0.487. The molecule has 4 rings (SSSR count). The molecule has 3 aromatic rings. The first-order chi connectivity index (χ1) is 16.2. The number of nitrogens with zero attached hydrogens (tertiary/aromatic N) is 2. The van der Waals surface area contributed by atoms with E-state index >= 15 is 0 Å². The first kappa shape index (κ1) is 23.0. The molecule has 2 aromatic heterocycles. The summed E-state index contributed by atoms with van der Waals surface area (Å²) in [6, 6.07) is 15.7. The molecule has 0 bridgehead atoms. The van der Waals surface area contributed by atoms with Gasteiger partial charge in [-0.05, 0) is 67.6 Å². The Morgan fingerprint density at radius 1 is 1.09 bits per heavy atom. The van der Waals surface area contributed by atoms with Gasteiger partial charge >= 0.3 is 0 Å². The van der Waals surface area contributed by atoms with E-state index in [1.165, 1.54) is 17.8 Å². The van der Waals surface area contributed by atoms with Crippen LogP contribution in [-0.2, 0) is 4.79 Å². The normalized spacial score (nSPS) is 14.9. The van der Waals surface area contributed by atoms with E-state index in [4.69, 9.17) is 4.74 Å². The number of hydrogen-bond acceptors (Lipinski definition) is 5. The zero-order valence-electron chi connectivity index (χ0n) is 18.8. The molecule has 1 aromatic carbocycles. The number of anilines is 1. The molecule has 0 aliphatic heterocycles. The molecule has 0 radical (unpaired) electrons. The molecule has 1 aliphatic rings. The van der Waals surface area contributed by atoms with E-state index in [-0.39, 0.29) is 17.9 Å². The third-order valence-electron chi connectivity index (χ3n) is 5.80. The lowest BCUT2D eigenvalue weighted by atomic mass is 9.95. The van der Waals surface area contributed by atoms with Crippen molar-refractivity contribution in [2.24, 2.45) is 0 Å². The largest absolute Gasteiger partial charge is 0.494 e. The van der Waals surface area contributed by atoms with Crippen molar-refractivity contribution in [2.45, 2.75) is 51.1 Å². The molecule has 0 saturated heterocycles. The van der Waals surface area contributed by atoms with Crippen molar-refractivity contribution in [1.82, 2.24) is 10.3 Å². The molecule has 7 heteroatoms. The second kappa shape index (κ2) is 11.1. The van der Waals surface area contributed by atoms with Crippen LogP contribution in [0.4, 0.5) is 5.69 Å². The summed E-state index contributed by atoms with van der Waals surface area (Å²) in [4.78, 5) is 34.1. The lowest BCUT2D eigenvalue weighted by molar-refractivity contribution is -0.123. The van der Waals surface area contributed by atoms with E-state index in [1.807, 2.05) is 48.7 Å². The van der Waals surface area contributed by atoms with Crippen LogP contribution in [0.25, 0.3) is 0 Å². The Bertz CT molecular complexity index is 1030. The molecule has 1 aliphatic carbocycles. The maximum Gasteiger partial charge on any atom is 0.277 e. The Morgan fingerprint density at radius 2 is 1.88 bits per heavy atom. The monoisotopic (exact) mass is 463 g/mol. The third-order valence-corrected chi connectivity index (χ3v) is 6.72. The highest BCUT2D eigenvalue weighted by molar-refractivity contribution is 7.10. The number of rotatable bonds is 8. The van der Waals surface area contributed by atoms with Gasteiger partial charge in [0.05, 0.1) is 6.61 Å². The number of thiophene rings is 1. The Labute approximate surface area is 198 Å². The van der Waals surface area contributed by atoms with Crippen LogP contribution in [0.5, 0.6) is 5.75 Å². The summed E-state index contributed by atoms with van der Waals surface area (Å²) in [6.07, 6.45) is 6.97. The van der Waals surface area contributed by atoms with Gasteiger partial charge in [-0.3, -0.25) is 19.5 Å². The van der Waals surface area contributed by atoms with Crippen LogP contribution < -0.4 is 15.0 Å². The highest BCUT2D eigenvalue weighted by atomic mass is 32.1. The highest BCUT2D eigenvalue weighted by Crippen LogP contribution is 2.33. The Hall–Kier alpha value is -3.19. The average Bonchev–Trinajstić information content (AvgIpc) is 3.38. The lowest BCUT2D eigenvalue weighted by Crippen LogP contribution is -2.47. The Kier molecular flexibility index (Phi) is 7.73. The van der Waals surface area contributed by atoms with Crippen molar-refractivity contribution in [2.75, 3.05) is 11.5 Å². The molecule has 172 valence electrons. The van der Waals surface area contributed by atoms with Gasteiger partial charge in [-0.25, -0.2) is 0 Å². The van der Waals surface area contributed by atoms with E-state index in [9.17, 15) is 9.59 Å². The molecule has 6 nitrogen and oxygen atoms in total. The number of pyridine rings is 1. The van der Waals surface area contributed by atoms with E-state index in [0.717, 1.165) is 30.6 Å². The van der Waals surface area contributed by atoms with Gasteiger partial charge in [-0.15, -0.1) is 11.3 Å². The van der Waals surface area contributed by atoms with E-state index in [1.54, 1.807) is 29.3 Å². The number of nitrogens with one attached hydrogen (secondary N) is 1. The molecular formula is C26H29N3O3S. The van der Waals surface area contributed by atoms with Crippen molar-refractivity contribution in [1.29, 1.82) is 0 Å². The number of ether oxygens (including phenoxy) is 1. The molecule has 1 saturated carbocycles. The summed E-state index contributed by atoms with van der Waals surface area (Å²) in [5, 5.41) is 5.15. The predicted molar refractivity (Wildman–Crippen MR) is 131 cm³/mol. The SMILES string of the molecule is CCOc1ccc(N(C(=O)c2ccccn2)C(C(=O)NC2CCCCC2)c2cccs2)cc1. The maximum absolute atomic E-state index is 13.7. The summed E-state index contributed by atoms with van der Waals surface area (Å²) in [6.45, 7) is 2.48. The fourth-order valence-corrected chi connectivity index (χ4v) is 5.03. The van der Waals surface area contributed by atoms with Crippen LogP contribution in [0.15, 0.2) is 66.2 Å². The highest BCUT2D eigenvalue weighted by Gasteiger charge is 2.35. The van der Waals surface area contributed by atoms with Crippen LogP contribution >= 0.6 is 11.3 Å². The van der Waals surface area contributed by atoms with Gasteiger partial charge in [0.2, 0.25) is 5.91 Å². The van der Waals surface area contributed by atoms with Crippen molar-refractivity contribution in [3.05, 3.63) is 76.7 Å². The average molecular weight is 464 g/mol. The second-order valence-corrected chi connectivity index (χ2v) is 9.06. The van der Waals surface area contributed by atoms with Crippen molar-refractivity contribution < 1.29 is 14.3 Å². The number of carbonyl (C=O) groups is 2. The van der Waals surface area contributed by atoms with Gasteiger partial charge in [0.15, 0.2) is 6.04 Å². The number of amides is 2. The molecular weight excluding hydrogens is 434 g/mol.